The van der Waals surface area contributed by atoms with Crippen molar-refractivity contribution in [3.05, 3.63) is 28.8 Å². The van der Waals surface area contributed by atoms with Gasteiger partial charge in [-0.25, -0.2) is 0 Å². The summed E-state index contributed by atoms with van der Waals surface area (Å²) >= 11 is 5.94. The molecule has 0 radical (unpaired) electrons. The van der Waals surface area contributed by atoms with E-state index >= 15 is 0 Å². The van der Waals surface area contributed by atoms with Crippen LogP contribution in [0.3, 0.4) is 0 Å². The molecular weight excluding hydrogens is 250 g/mol. The van der Waals surface area contributed by atoms with Crippen molar-refractivity contribution in [3.63, 3.8) is 0 Å². The maximum absolute atomic E-state index is 8.82. The van der Waals surface area contributed by atoms with E-state index in [1.165, 1.54) is 0 Å². The summed E-state index contributed by atoms with van der Waals surface area (Å²) in [6.45, 7) is 7.31. The Labute approximate surface area is 113 Å². The molecular formula is C13H20ClN3O. The molecule has 18 heavy (non-hydrogen) atoms. The SMILES string of the molecule is CN(CC(C)(C)C)c1ccc(Cl)cc1C(N)=NO. The smallest absolute Gasteiger partial charge is 0.172 e. The molecule has 0 aliphatic carbocycles. The second-order valence-corrected chi connectivity index (χ2v) is 6.00. The summed E-state index contributed by atoms with van der Waals surface area (Å²) in [6.07, 6.45) is 0. The molecule has 0 aliphatic heterocycles. The lowest BCUT2D eigenvalue weighted by atomic mass is 9.95. The number of nitrogens with zero attached hydrogens (tertiary/aromatic N) is 2. The minimum absolute atomic E-state index is 0.0632. The third-order valence-corrected chi connectivity index (χ3v) is 2.70. The van der Waals surface area contributed by atoms with Crippen LogP contribution in [0, 0.1) is 5.41 Å². The van der Waals surface area contributed by atoms with Crippen LogP contribution in [0.4, 0.5) is 5.69 Å². The maximum atomic E-state index is 8.82. The normalized spacial score (nSPS) is 12.6. The van der Waals surface area contributed by atoms with Crippen molar-refractivity contribution in [1.29, 1.82) is 0 Å². The lowest BCUT2D eigenvalue weighted by molar-refractivity contribution is 0.318. The predicted octanol–water partition coefficient (Wildman–Crippen LogP) is 2.92. The fraction of sp³-hybridized carbons (Fsp3) is 0.462. The minimum Gasteiger partial charge on any atom is -0.409 e. The zero-order chi connectivity index (χ0) is 13.9. The highest BCUT2D eigenvalue weighted by Gasteiger charge is 2.17. The fourth-order valence-corrected chi connectivity index (χ4v) is 2.07. The van der Waals surface area contributed by atoms with Crippen LogP contribution < -0.4 is 10.6 Å². The second-order valence-electron chi connectivity index (χ2n) is 5.56. The van der Waals surface area contributed by atoms with E-state index in [-0.39, 0.29) is 11.3 Å². The molecule has 0 aromatic heterocycles. The molecule has 1 aromatic rings. The van der Waals surface area contributed by atoms with Crippen molar-refractivity contribution in [3.8, 4) is 0 Å². The van der Waals surface area contributed by atoms with Crippen LogP contribution >= 0.6 is 11.6 Å². The predicted molar refractivity (Wildman–Crippen MR) is 76.7 cm³/mol. The van der Waals surface area contributed by atoms with Crippen molar-refractivity contribution in [2.24, 2.45) is 16.3 Å². The van der Waals surface area contributed by atoms with Crippen LogP contribution in [0.15, 0.2) is 23.4 Å². The van der Waals surface area contributed by atoms with E-state index in [2.05, 4.69) is 30.8 Å². The third kappa shape index (κ3) is 3.81. The van der Waals surface area contributed by atoms with Crippen LogP contribution in [-0.4, -0.2) is 24.6 Å². The number of oxime groups is 1. The van der Waals surface area contributed by atoms with Gasteiger partial charge in [0, 0.05) is 29.9 Å². The first-order valence-corrected chi connectivity index (χ1v) is 6.11. The van der Waals surface area contributed by atoms with Crippen LogP contribution in [0.25, 0.3) is 0 Å². The summed E-state index contributed by atoms with van der Waals surface area (Å²) < 4.78 is 0. The summed E-state index contributed by atoms with van der Waals surface area (Å²) in [6, 6.07) is 5.37. The first-order valence-electron chi connectivity index (χ1n) is 5.73. The fourth-order valence-electron chi connectivity index (χ4n) is 1.90. The molecule has 4 nitrogen and oxygen atoms in total. The monoisotopic (exact) mass is 269 g/mol. The van der Waals surface area contributed by atoms with Gasteiger partial charge >= 0.3 is 0 Å². The zero-order valence-corrected chi connectivity index (χ0v) is 12.0. The number of anilines is 1. The average molecular weight is 270 g/mol. The molecule has 0 fully saturated rings. The zero-order valence-electron chi connectivity index (χ0n) is 11.2. The summed E-state index contributed by atoms with van der Waals surface area (Å²) in [4.78, 5) is 2.07. The number of benzene rings is 1. The van der Waals surface area contributed by atoms with Gasteiger partial charge in [-0.15, -0.1) is 0 Å². The number of amidine groups is 1. The topological polar surface area (TPSA) is 61.8 Å². The molecule has 5 heteroatoms. The highest BCUT2D eigenvalue weighted by Crippen LogP contribution is 2.26. The van der Waals surface area contributed by atoms with Gasteiger partial charge in [0.2, 0.25) is 0 Å². The minimum atomic E-state index is 0.0632. The first-order chi connectivity index (χ1) is 8.24. The lowest BCUT2D eigenvalue weighted by Gasteiger charge is -2.29. The Kier molecular flexibility index (Phi) is 4.46. The van der Waals surface area contributed by atoms with Crippen molar-refractivity contribution in [2.45, 2.75) is 20.8 Å². The van der Waals surface area contributed by atoms with Gasteiger partial charge < -0.3 is 15.8 Å². The molecule has 0 heterocycles. The van der Waals surface area contributed by atoms with Crippen LogP contribution in [0.2, 0.25) is 5.02 Å². The molecule has 0 spiro atoms. The maximum Gasteiger partial charge on any atom is 0.172 e. The van der Waals surface area contributed by atoms with Gasteiger partial charge in [-0.3, -0.25) is 0 Å². The van der Waals surface area contributed by atoms with Gasteiger partial charge in [0.05, 0.1) is 0 Å². The average Bonchev–Trinajstić information content (AvgIpc) is 2.25. The molecule has 0 atom stereocenters. The number of halogens is 1. The number of rotatable bonds is 3. The van der Waals surface area contributed by atoms with E-state index in [0.717, 1.165) is 12.2 Å². The van der Waals surface area contributed by atoms with Crippen molar-refractivity contribution in [1.82, 2.24) is 0 Å². The van der Waals surface area contributed by atoms with Gasteiger partial charge in [-0.2, -0.15) is 0 Å². The summed E-state index contributed by atoms with van der Waals surface area (Å²) in [7, 11) is 1.97. The lowest BCUT2D eigenvalue weighted by Crippen LogP contribution is -2.31. The largest absolute Gasteiger partial charge is 0.409 e. The number of hydrogen-bond donors (Lipinski definition) is 2. The molecule has 1 aromatic carbocycles. The van der Waals surface area contributed by atoms with Gasteiger partial charge in [0.25, 0.3) is 0 Å². The van der Waals surface area contributed by atoms with Crippen LogP contribution in [0.5, 0.6) is 0 Å². The second kappa shape index (κ2) is 5.48. The van der Waals surface area contributed by atoms with E-state index in [1.807, 2.05) is 13.1 Å². The van der Waals surface area contributed by atoms with Gasteiger partial charge in [-0.05, 0) is 23.6 Å². The summed E-state index contributed by atoms with van der Waals surface area (Å²) in [5.41, 5.74) is 7.36. The van der Waals surface area contributed by atoms with E-state index in [4.69, 9.17) is 22.5 Å². The molecule has 3 N–H and O–H groups in total. The van der Waals surface area contributed by atoms with Crippen molar-refractivity contribution < 1.29 is 5.21 Å². The van der Waals surface area contributed by atoms with E-state index in [1.54, 1.807) is 12.1 Å². The van der Waals surface area contributed by atoms with Gasteiger partial charge in [0.1, 0.15) is 0 Å². The van der Waals surface area contributed by atoms with Gasteiger partial charge in [-0.1, -0.05) is 37.5 Å². The molecule has 0 aliphatic rings. The van der Waals surface area contributed by atoms with E-state index in [0.29, 0.717) is 10.6 Å². The number of nitrogens with two attached hydrogens (primary N) is 1. The standard InChI is InChI=1S/C13H20ClN3O/c1-13(2,3)8-17(4)11-6-5-9(14)7-10(11)12(15)16-18/h5-7,18H,8H2,1-4H3,(H2,15,16). The van der Waals surface area contributed by atoms with Crippen LogP contribution in [0.1, 0.15) is 26.3 Å². The first kappa shape index (κ1) is 14.6. The molecule has 0 bridgehead atoms. The van der Waals surface area contributed by atoms with Crippen molar-refractivity contribution in [2.75, 3.05) is 18.5 Å². The highest BCUT2D eigenvalue weighted by molar-refractivity contribution is 6.31. The molecule has 0 unspecified atom stereocenters. The van der Waals surface area contributed by atoms with Crippen LogP contribution in [-0.2, 0) is 0 Å². The van der Waals surface area contributed by atoms with E-state index in [9.17, 15) is 0 Å². The Morgan fingerprint density at radius 2 is 2.06 bits per heavy atom. The summed E-state index contributed by atoms with van der Waals surface area (Å²) in [5.74, 6) is 0.0632. The Morgan fingerprint density at radius 3 is 2.56 bits per heavy atom. The Bertz CT molecular complexity index is 452. The Hall–Kier alpha value is -1.42. The molecule has 0 saturated carbocycles. The highest BCUT2D eigenvalue weighted by atomic mass is 35.5. The quantitative estimate of drug-likeness (QED) is 0.384. The molecule has 0 amide bonds. The Balaban J connectivity index is 3.16. The molecule has 100 valence electrons. The van der Waals surface area contributed by atoms with E-state index < -0.39 is 0 Å². The molecule has 0 saturated heterocycles. The molecule has 1 rings (SSSR count). The summed E-state index contributed by atoms with van der Waals surface area (Å²) in [5, 5.41) is 12.4. The van der Waals surface area contributed by atoms with Gasteiger partial charge in [0.15, 0.2) is 5.84 Å². The van der Waals surface area contributed by atoms with Crippen molar-refractivity contribution >= 4 is 23.1 Å². The number of hydrogen-bond acceptors (Lipinski definition) is 3. The third-order valence-electron chi connectivity index (χ3n) is 2.47. The Morgan fingerprint density at radius 1 is 1.44 bits per heavy atom.